The molecule has 4 heteroatoms. The zero-order chi connectivity index (χ0) is 11.9. The van der Waals surface area contributed by atoms with E-state index < -0.39 is 0 Å². The molecule has 0 saturated carbocycles. The number of aryl methyl sites for hydroxylation is 1. The van der Waals surface area contributed by atoms with Crippen LogP contribution in [0.1, 0.15) is 17.0 Å². The topological polar surface area (TPSA) is 43.8 Å². The van der Waals surface area contributed by atoms with Crippen LogP contribution in [-0.2, 0) is 0 Å². The third-order valence-electron chi connectivity index (χ3n) is 2.81. The molecule has 0 amide bonds. The fourth-order valence-corrected chi connectivity index (χ4v) is 1.88. The predicted octanol–water partition coefficient (Wildman–Crippen LogP) is 3.03. The average Bonchev–Trinajstić information content (AvgIpc) is 2.50. The first-order valence-electron chi connectivity index (χ1n) is 5.09. The third kappa shape index (κ3) is 1.57. The van der Waals surface area contributed by atoms with E-state index >= 15 is 0 Å². The van der Waals surface area contributed by atoms with E-state index in [9.17, 15) is 0 Å². The van der Waals surface area contributed by atoms with Gasteiger partial charge >= 0.3 is 0 Å². The number of anilines is 1. The second-order valence-electron chi connectivity index (χ2n) is 3.88. The molecule has 0 aliphatic heterocycles. The lowest BCUT2D eigenvalue weighted by Crippen LogP contribution is -2.02. The molecule has 16 heavy (non-hydrogen) atoms. The number of aromatic nitrogens is 2. The second kappa shape index (κ2) is 3.83. The molecule has 0 spiro atoms. The summed E-state index contributed by atoms with van der Waals surface area (Å²) in [4.78, 5) is 0. The minimum atomic E-state index is 0.736. The third-order valence-corrected chi connectivity index (χ3v) is 3.22. The zero-order valence-corrected chi connectivity index (χ0v) is 10.3. The summed E-state index contributed by atoms with van der Waals surface area (Å²) in [5.41, 5.74) is 10.4. The normalized spacial score (nSPS) is 10.8. The Morgan fingerprint density at radius 3 is 2.50 bits per heavy atom. The fraction of sp³-hybridized carbons (Fsp3) is 0.250. The van der Waals surface area contributed by atoms with Crippen LogP contribution in [0.4, 0.5) is 5.69 Å². The van der Waals surface area contributed by atoms with Gasteiger partial charge in [0.1, 0.15) is 0 Å². The molecule has 2 N–H and O–H groups in total. The summed E-state index contributed by atoms with van der Waals surface area (Å²) in [6.07, 6.45) is 0. The van der Waals surface area contributed by atoms with Crippen molar-refractivity contribution in [2.24, 2.45) is 0 Å². The number of hydrogen-bond donors (Lipinski definition) is 1. The summed E-state index contributed by atoms with van der Waals surface area (Å²) in [6.45, 7) is 5.83. The molecule has 1 aromatic carbocycles. The first-order chi connectivity index (χ1) is 7.52. The molecular weight excluding hydrogens is 222 g/mol. The van der Waals surface area contributed by atoms with Crippen LogP contribution in [0, 0.1) is 20.8 Å². The highest BCUT2D eigenvalue weighted by atomic mass is 35.5. The van der Waals surface area contributed by atoms with Crippen molar-refractivity contribution in [2.75, 3.05) is 5.73 Å². The lowest BCUT2D eigenvalue weighted by Gasteiger charge is -2.09. The van der Waals surface area contributed by atoms with Crippen LogP contribution < -0.4 is 5.73 Å². The summed E-state index contributed by atoms with van der Waals surface area (Å²) in [7, 11) is 0. The number of hydrogen-bond acceptors (Lipinski definition) is 2. The van der Waals surface area contributed by atoms with Crippen molar-refractivity contribution in [1.82, 2.24) is 9.78 Å². The molecule has 0 aliphatic rings. The quantitative estimate of drug-likeness (QED) is 0.826. The Balaban J connectivity index is 2.68. The Morgan fingerprint density at radius 2 is 1.94 bits per heavy atom. The van der Waals surface area contributed by atoms with Gasteiger partial charge in [0, 0.05) is 5.02 Å². The highest BCUT2D eigenvalue weighted by molar-refractivity contribution is 6.31. The first-order valence-corrected chi connectivity index (χ1v) is 5.47. The van der Waals surface area contributed by atoms with Gasteiger partial charge in [0.15, 0.2) is 0 Å². The maximum atomic E-state index is 6.09. The standard InChI is InChI=1S/C12H14ClN3/c1-7-10(13)5-4-6-11(7)16-9(3)12(14)8(2)15-16/h4-6H,14H2,1-3H3. The van der Waals surface area contributed by atoms with Gasteiger partial charge in [-0.15, -0.1) is 0 Å². The van der Waals surface area contributed by atoms with E-state index in [4.69, 9.17) is 17.3 Å². The average molecular weight is 236 g/mol. The van der Waals surface area contributed by atoms with Crippen LogP contribution in [0.5, 0.6) is 0 Å². The SMILES string of the molecule is Cc1nn(-c2cccc(Cl)c2C)c(C)c1N. The number of nitrogens with zero attached hydrogens (tertiary/aromatic N) is 2. The number of nitrogens with two attached hydrogens (primary N) is 1. The minimum Gasteiger partial charge on any atom is -0.396 e. The highest BCUT2D eigenvalue weighted by Crippen LogP contribution is 2.25. The molecule has 1 heterocycles. The number of halogens is 1. The van der Waals surface area contributed by atoms with Crippen LogP contribution >= 0.6 is 11.6 Å². The van der Waals surface area contributed by atoms with E-state index in [1.165, 1.54) is 0 Å². The Morgan fingerprint density at radius 1 is 1.25 bits per heavy atom. The molecule has 0 unspecified atom stereocenters. The van der Waals surface area contributed by atoms with Gasteiger partial charge in [-0.1, -0.05) is 17.7 Å². The lowest BCUT2D eigenvalue weighted by molar-refractivity contribution is 0.827. The number of benzene rings is 1. The molecule has 84 valence electrons. The summed E-state index contributed by atoms with van der Waals surface area (Å²) in [6, 6.07) is 5.77. The van der Waals surface area contributed by atoms with Crippen LogP contribution in [0.25, 0.3) is 5.69 Å². The second-order valence-corrected chi connectivity index (χ2v) is 4.29. The van der Waals surface area contributed by atoms with Crippen molar-refractivity contribution in [3.8, 4) is 5.69 Å². The van der Waals surface area contributed by atoms with E-state index in [1.54, 1.807) is 0 Å². The number of rotatable bonds is 1. The van der Waals surface area contributed by atoms with Crippen LogP contribution in [0.15, 0.2) is 18.2 Å². The van der Waals surface area contributed by atoms with Gasteiger partial charge in [0.25, 0.3) is 0 Å². The van der Waals surface area contributed by atoms with Crippen molar-refractivity contribution in [2.45, 2.75) is 20.8 Å². The maximum Gasteiger partial charge on any atom is 0.0830 e. The molecular formula is C12H14ClN3. The van der Waals surface area contributed by atoms with E-state index in [2.05, 4.69) is 5.10 Å². The first kappa shape index (κ1) is 11.0. The van der Waals surface area contributed by atoms with Gasteiger partial charge in [-0.2, -0.15) is 5.10 Å². The van der Waals surface area contributed by atoms with E-state index in [1.807, 2.05) is 43.7 Å². The molecule has 2 aromatic rings. The summed E-state index contributed by atoms with van der Waals surface area (Å²) in [5, 5.41) is 5.15. The van der Waals surface area contributed by atoms with Crippen molar-refractivity contribution in [3.05, 3.63) is 40.2 Å². The van der Waals surface area contributed by atoms with Crippen molar-refractivity contribution in [3.63, 3.8) is 0 Å². The molecule has 1 aromatic heterocycles. The maximum absolute atomic E-state index is 6.09. The largest absolute Gasteiger partial charge is 0.396 e. The van der Waals surface area contributed by atoms with Gasteiger partial charge in [-0.3, -0.25) is 0 Å². The molecule has 0 atom stereocenters. The van der Waals surface area contributed by atoms with Crippen LogP contribution in [-0.4, -0.2) is 9.78 Å². The van der Waals surface area contributed by atoms with Crippen molar-refractivity contribution < 1.29 is 0 Å². The van der Waals surface area contributed by atoms with Crippen LogP contribution in [0.2, 0.25) is 5.02 Å². The molecule has 3 nitrogen and oxygen atoms in total. The minimum absolute atomic E-state index is 0.736. The smallest absolute Gasteiger partial charge is 0.0830 e. The van der Waals surface area contributed by atoms with Gasteiger partial charge in [-0.25, -0.2) is 4.68 Å². The molecule has 0 bridgehead atoms. The lowest BCUT2D eigenvalue weighted by atomic mass is 10.2. The molecule has 0 aliphatic carbocycles. The van der Waals surface area contributed by atoms with Gasteiger partial charge in [-0.05, 0) is 38.5 Å². The summed E-state index contributed by atoms with van der Waals surface area (Å²) in [5.74, 6) is 0. The summed E-state index contributed by atoms with van der Waals surface area (Å²) >= 11 is 6.09. The zero-order valence-electron chi connectivity index (χ0n) is 9.58. The molecule has 0 saturated heterocycles. The molecule has 0 fully saturated rings. The van der Waals surface area contributed by atoms with Gasteiger partial charge < -0.3 is 5.73 Å². The predicted molar refractivity (Wildman–Crippen MR) is 67.2 cm³/mol. The van der Waals surface area contributed by atoms with Gasteiger partial charge in [0.2, 0.25) is 0 Å². The number of nitrogen functional groups attached to an aromatic ring is 1. The monoisotopic (exact) mass is 235 g/mol. The fourth-order valence-electron chi connectivity index (χ4n) is 1.71. The van der Waals surface area contributed by atoms with Gasteiger partial charge in [0.05, 0.1) is 22.8 Å². The molecule has 0 radical (unpaired) electrons. The van der Waals surface area contributed by atoms with Crippen LogP contribution in [0.3, 0.4) is 0 Å². The van der Waals surface area contributed by atoms with Crippen molar-refractivity contribution in [1.29, 1.82) is 0 Å². The Labute approximate surface area is 99.8 Å². The van der Waals surface area contributed by atoms with E-state index in [-0.39, 0.29) is 0 Å². The van der Waals surface area contributed by atoms with Crippen molar-refractivity contribution >= 4 is 17.3 Å². The molecule has 2 rings (SSSR count). The Bertz CT molecular complexity index is 543. The Hall–Kier alpha value is -1.48. The van der Waals surface area contributed by atoms with E-state index in [0.717, 1.165) is 33.3 Å². The Kier molecular flexibility index (Phi) is 2.64. The summed E-state index contributed by atoms with van der Waals surface area (Å²) < 4.78 is 1.84. The van der Waals surface area contributed by atoms with E-state index in [0.29, 0.717) is 0 Å². The highest BCUT2D eigenvalue weighted by Gasteiger charge is 2.12.